The molecule has 1 aromatic carbocycles. The summed E-state index contributed by atoms with van der Waals surface area (Å²) in [5.74, 6) is 0.803. The van der Waals surface area contributed by atoms with Crippen LogP contribution < -0.4 is 10.1 Å². The van der Waals surface area contributed by atoms with Crippen molar-refractivity contribution >= 4 is 17.2 Å². The zero-order valence-electron chi connectivity index (χ0n) is 13.4. The van der Waals surface area contributed by atoms with Gasteiger partial charge in [0, 0.05) is 18.6 Å². The summed E-state index contributed by atoms with van der Waals surface area (Å²) in [6, 6.07) is 7.94. The Balaban J connectivity index is 1.90. The van der Waals surface area contributed by atoms with Gasteiger partial charge in [-0.15, -0.1) is 0 Å². The van der Waals surface area contributed by atoms with Crippen LogP contribution in [0.5, 0.6) is 5.75 Å². The molecule has 3 rings (SSSR count). The predicted molar refractivity (Wildman–Crippen MR) is 91.2 cm³/mol. The number of thiophene rings is 1. The highest BCUT2D eigenvalue weighted by molar-refractivity contribution is 7.08. The largest absolute Gasteiger partial charge is 0.497 e. The summed E-state index contributed by atoms with van der Waals surface area (Å²) in [5.41, 5.74) is 2.50. The minimum atomic E-state index is -0.379. The van der Waals surface area contributed by atoms with Gasteiger partial charge in [0.15, 0.2) is 0 Å². The number of ether oxygens (including phenoxy) is 2. The Morgan fingerprint density at radius 2 is 1.91 bits per heavy atom. The first-order valence-corrected chi connectivity index (χ1v) is 8.66. The fraction of sp³-hybridized carbons (Fsp3) is 0.389. The van der Waals surface area contributed by atoms with Crippen molar-refractivity contribution in [1.29, 1.82) is 0 Å². The van der Waals surface area contributed by atoms with E-state index < -0.39 is 0 Å². The van der Waals surface area contributed by atoms with Crippen molar-refractivity contribution < 1.29 is 14.3 Å². The molecule has 0 saturated carbocycles. The van der Waals surface area contributed by atoms with Gasteiger partial charge in [0.2, 0.25) is 0 Å². The average molecular weight is 331 g/mol. The Labute approximate surface area is 140 Å². The van der Waals surface area contributed by atoms with E-state index in [1.54, 1.807) is 18.4 Å². The van der Waals surface area contributed by atoms with Gasteiger partial charge in [0.25, 0.3) is 5.91 Å². The number of nitrogens with one attached hydrogen (secondary N) is 1. The third-order valence-corrected chi connectivity index (χ3v) is 5.30. The van der Waals surface area contributed by atoms with Crippen molar-refractivity contribution in [1.82, 2.24) is 5.32 Å². The Morgan fingerprint density at radius 1 is 1.22 bits per heavy atom. The van der Waals surface area contributed by atoms with Gasteiger partial charge < -0.3 is 14.8 Å². The maximum absolute atomic E-state index is 12.7. The van der Waals surface area contributed by atoms with Gasteiger partial charge in [-0.2, -0.15) is 11.3 Å². The molecule has 1 aromatic heterocycles. The van der Waals surface area contributed by atoms with Gasteiger partial charge in [-0.3, -0.25) is 4.79 Å². The molecule has 1 amide bonds. The molecule has 1 saturated heterocycles. The molecule has 2 aromatic rings. The molecule has 4 nitrogen and oxygen atoms in total. The molecular weight excluding hydrogens is 310 g/mol. The third-order valence-electron chi connectivity index (χ3n) is 4.44. The number of carbonyl (C=O) groups is 1. The summed E-state index contributed by atoms with van der Waals surface area (Å²) in [6.07, 6.45) is 1.54. The molecular formula is C18H21NO3S. The average Bonchev–Trinajstić information content (AvgIpc) is 3.02. The SMILES string of the molecule is COc1ccc(C2(NC(=O)c3cscc3C)CCOCC2)cc1. The smallest absolute Gasteiger partial charge is 0.253 e. The molecule has 1 fully saturated rings. The first kappa shape index (κ1) is 16.0. The van der Waals surface area contributed by atoms with Gasteiger partial charge in [0.05, 0.1) is 18.2 Å². The Kier molecular flexibility index (Phi) is 4.68. The topological polar surface area (TPSA) is 47.6 Å². The first-order valence-electron chi connectivity index (χ1n) is 7.72. The van der Waals surface area contributed by atoms with Crippen molar-refractivity contribution in [3.8, 4) is 5.75 Å². The quantitative estimate of drug-likeness (QED) is 0.933. The summed E-state index contributed by atoms with van der Waals surface area (Å²) in [5, 5.41) is 7.18. The summed E-state index contributed by atoms with van der Waals surface area (Å²) in [4.78, 5) is 12.7. The van der Waals surface area contributed by atoms with E-state index >= 15 is 0 Å². The first-order chi connectivity index (χ1) is 11.1. The summed E-state index contributed by atoms with van der Waals surface area (Å²) < 4.78 is 10.7. The zero-order valence-corrected chi connectivity index (χ0v) is 14.2. The van der Waals surface area contributed by atoms with Gasteiger partial charge in [-0.1, -0.05) is 12.1 Å². The van der Waals surface area contributed by atoms with Crippen LogP contribution in [-0.2, 0) is 10.3 Å². The number of carbonyl (C=O) groups excluding carboxylic acids is 1. The minimum absolute atomic E-state index is 0.0125. The molecule has 0 aliphatic carbocycles. The van der Waals surface area contributed by atoms with Crippen LogP contribution in [0.25, 0.3) is 0 Å². The Bertz CT molecular complexity index is 672. The maximum Gasteiger partial charge on any atom is 0.253 e. The molecule has 1 aliphatic rings. The number of methoxy groups -OCH3 is 1. The number of rotatable bonds is 4. The predicted octanol–water partition coefficient (Wildman–Crippen LogP) is 3.50. The lowest BCUT2D eigenvalue weighted by Gasteiger charge is -2.38. The second kappa shape index (κ2) is 6.72. The van der Waals surface area contributed by atoms with Gasteiger partial charge in [-0.05, 0) is 48.4 Å². The highest BCUT2D eigenvalue weighted by Gasteiger charge is 2.36. The van der Waals surface area contributed by atoms with Crippen molar-refractivity contribution in [3.05, 3.63) is 51.7 Å². The number of hydrogen-bond acceptors (Lipinski definition) is 4. The number of benzene rings is 1. The lowest BCUT2D eigenvalue weighted by Crippen LogP contribution is -2.49. The normalized spacial score (nSPS) is 16.8. The van der Waals surface area contributed by atoms with Crippen LogP contribution in [0, 0.1) is 6.92 Å². The zero-order chi connectivity index (χ0) is 16.3. The van der Waals surface area contributed by atoms with E-state index in [9.17, 15) is 4.79 Å². The van der Waals surface area contributed by atoms with E-state index in [-0.39, 0.29) is 11.4 Å². The van der Waals surface area contributed by atoms with Crippen LogP contribution in [0.3, 0.4) is 0 Å². The maximum atomic E-state index is 12.7. The van der Waals surface area contributed by atoms with E-state index in [4.69, 9.17) is 9.47 Å². The molecule has 1 N–H and O–H groups in total. The molecule has 0 unspecified atom stereocenters. The number of aryl methyl sites for hydroxylation is 1. The van der Waals surface area contributed by atoms with Crippen LogP contribution in [0.15, 0.2) is 35.0 Å². The van der Waals surface area contributed by atoms with E-state index in [0.717, 1.165) is 35.3 Å². The van der Waals surface area contributed by atoms with Crippen molar-refractivity contribution in [3.63, 3.8) is 0 Å². The number of amides is 1. The fourth-order valence-electron chi connectivity index (χ4n) is 2.99. The van der Waals surface area contributed by atoms with Gasteiger partial charge in [-0.25, -0.2) is 0 Å². The number of hydrogen-bond donors (Lipinski definition) is 1. The third kappa shape index (κ3) is 3.26. The molecule has 0 spiro atoms. The Hall–Kier alpha value is -1.85. The molecule has 122 valence electrons. The van der Waals surface area contributed by atoms with Gasteiger partial charge >= 0.3 is 0 Å². The van der Waals surface area contributed by atoms with E-state index in [1.807, 2.05) is 41.9 Å². The molecule has 0 bridgehead atoms. The van der Waals surface area contributed by atoms with Crippen molar-refractivity contribution in [2.75, 3.05) is 20.3 Å². The van der Waals surface area contributed by atoms with Crippen LogP contribution in [0.4, 0.5) is 0 Å². The Morgan fingerprint density at radius 3 is 2.48 bits per heavy atom. The lowest BCUT2D eigenvalue weighted by atomic mass is 9.82. The summed E-state index contributed by atoms with van der Waals surface area (Å²) >= 11 is 1.55. The molecule has 1 aliphatic heterocycles. The van der Waals surface area contributed by atoms with Crippen molar-refractivity contribution in [2.45, 2.75) is 25.3 Å². The second-order valence-corrected chi connectivity index (χ2v) is 6.59. The molecule has 5 heteroatoms. The fourth-order valence-corrected chi connectivity index (χ4v) is 3.82. The minimum Gasteiger partial charge on any atom is -0.497 e. The van der Waals surface area contributed by atoms with Crippen LogP contribution in [0.1, 0.15) is 34.3 Å². The molecule has 0 atom stereocenters. The molecule has 23 heavy (non-hydrogen) atoms. The molecule has 0 radical (unpaired) electrons. The summed E-state index contributed by atoms with van der Waals surface area (Å²) in [7, 11) is 1.65. The second-order valence-electron chi connectivity index (χ2n) is 5.85. The van der Waals surface area contributed by atoms with Gasteiger partial charge in [0.1, 0.15) is 5.75 Å². The highest BCUT2D eigenvalue weighted by atomic mass is 32.1. The lowest BCUT2D eigenvalue weighted by molar-refractivity contribution is 0.0345. The van der Waals surface area contributed by atoms with E-state index in [1.165, 1.54) is 0 Å². The van der Waals surface area contributed by atoms with E-state index in [0.29, 0.717) is 13.2 Å². The standard InChI is InChI=1S/C18H21NO3S/c1-13-11-23-12-16(13)17(20)19-18(7-9-22-10-8-18)14-3-5-15(21-2)6-4-14/h3-6,11-12H,7-10H2,1-2H3,(H,19,20). The summed E-state index contributed by atoms with van der Waals surface area (Å²) in [6.45, 7) is 3.26. The molecule has 2 heterocycles. The highest BCUT2D eigenvalue weighted by Crippen LogP contribution is 2.33. The van der Waals surface area contributed by atoms with Crippen molar-refractivity contribution in [2.24, 2.45) is 0 Å². The van der Waals surface area contributed by atoms with Crippen LogP contribution in [0.2, 0.25) is 0 Å². The van der Waals surface area contributed by atoms with Crippen LogP contribution in [-0.4, -0.2) is 26.2 Å². The van der Waals surface area contributed by atoms with E-state index in [2.05, 4.69) is 5.32 Å². The monoisotopic (exact) mass is 331 g/mol. The van der Waals surface area contributed by atoms with Crippen LogP contribution >= 0.6 is 11.3 Å².